The zero-order chi connectivity index (χ0) is 15.9. The number of piperidine rings is 1. The van der Waals surface area contributed by atoms with Crippen LogP contribution >= 0.6 is 0 Å². The number of rotatable bonds is 1. The van der Waals surface area contributed by atoms with Gasteiger partial charge in [-0.3, -0.25) is 9.48 Å². The lowest BCUT2D eigenvalue weighted by Crippen LogP contribution is -2.43. The van der Waals surface area contributed by atoms with E-state index in [2.05, 4.69) is 26.5 Å². The number of fused-ring (bicyclic) bond motifs is 1. The number of hydrogen-bond acceptors (Lipinski definition) is 4. The molecular weight excluding hydrogens is 290 g/mol. The molecule has 0 unspecified atom stereocenters. The van der Waals surface area contributed by atoms with Crippen LogP contribution in [0.2, 0.25) is 0 Å². The molecule has 6 nitrogen and oxygen atoms in total. The smallest absolute Gasteiger partial charge is 0.240 e. The molecule has 0 aliphatic carbocycles. The first kappa shape index (κ1) is 15.1. The Balaban J connectivity index is 1.45. The van der Waals surface area contributed by atoms with Gasteiger partial charge in [-0.15, -0.1) is 0 Å². The Hall–Kier alpha value is -1.40. The number of aryl methyl sites for hydroxylation is 2. The van der Waals surface area contributed by atoms with Gasteiger partial charge in [0, 0.05) is 19.6 Å². The number of aromatic nitrogens is 2. The quantitative estimate of drug-likeness (QED) is 0.799. The van der Waals surface area contributed by atoms with Crippen molar-refractivity contribution in [2.45, 2.75) is 51.7 Å². The molecule has 2 N–H and O–H groups in total. The summed E-state index contributed by atoms with van der Waals surface area (Å²) < 4.78 is 2.07. The van der Waals surface area contributed by atoms with Crippen molar-refractivity contribution in [1.82, 2.24) is 25.3 Å². The average molecular weight is 317 g/mol. The minimum atomic E-state index is 0.00340. The second-order valence-corrected chi connectivity index (χ2v) is 7.50. The van der Waals surface area contributed by atoms with E-state index in [0.717, 1.165) is 51.3 Å². The molecule has 0 bridgehead atoms. The van der Waals surface area contributed by atoms with Gasteiger partial charge in [-0.25, -0.2) is 0 Å². The summed E-state index contributed by atoms with van der Waals surface area (Å²) in [5.41, 5.74) is 2.56. The number of carbonyl (C=O) groups excluding carboxylic acids is 1. The molecule has 2 saturated heterocycles. The number of nitrogens with zero attached hydrogens (tertiary/aromatic N) is 3. The van der Waals surface area contributed by atoms with E-state index in [9.17, 15) is 4.79 Å². The third kappa shape index (κ3) is 2.90. The topological polar surface area (TPSA) is 62.2 Å². The van der Waals surface area contributed by atoms with Crippen LogP contribution in [0.25, 0.3) is 0 Å². The monoisotopic (exact) mass is 317 g/mol. The normalized spacial score (nSPS) is 27.0. The van der Waals surface area contributed by atoms with Gasteiger partial charge >= 0.3 is 0 Å². The molecule has 0 saturated carbocycles. The van der Waals surface area contributed by atoms with Crippen molar-refractivity contribution in [2.24, 2.45) is 5.41 Å². The second kappa shape index (κ2) is 5.91. The zero-order valence-corrected chi connectivity index (χ0v) is 14.0. The van der Waals surface area contributed by atoms with E-state index in [0.29, 0.717) is 12.0 Å². The van der Waals surface area contributed by atoms with Gasteiger partial charge in [0.1, 0.15) is 0 Å². The Labute approximate surface area is 137 Å². The van der Waals surface area contributed by atoms with E-state index in [-0.39, 0.29) is 11.9 Å². The maximum atomic E-state index is 13.0. The Morgan fingerprint density at radius 2 is 2.17 bits per heavy atom. The van der Waals surface area contributed by atoms with Gasteiger partial charge in [-0.1, -0.05) is 0 Å². The molecule has 1 atom stereocenters. The molecule has 4 rings (SSSR count). The fourth-order valence-corrected chi connectivity index (χ4v) is 4.44. The molecule has 1 spiro atoms. The summed E-state index contributed by atoms with van der Waals surface area (Å²) in [5.74, 6) is 0.285. The Bertz CT molecular complexity index is 590. The Morgan fingerprint density at radius 1 is 1.35 bits per heavy atom. The number of amides is 1. The predicted octanol–water partition coefficient (Wildman–Crippen LogP) is 0.656. The zero-order valence-electron chi connectivity index (χ0n) is 14.0. The maximum Gasteiger partial charge on any atom is 0.240 e. The highest BCUT2D eigenvalue weighted by molar-refractivity contribution is 5.82. The van der Waals surface area contributed by atoms with Gasteiger partial charge in [-0.2, -0.15) is 5.10 Å². The summed E-state index contributed by atoms with van der Waals surface area (Å²) in [6, 6.07) is 2.12. The highest BCUT2D eigenvalue weighted by Gasteiger charge is 2.43. The fraction of sp³-hybridized carbons (Fsp3) is 0.765. The molecule has 1 aromatic rings. The summed E-state index contributed by atoms with van der Waals surface area (Å²) in [5, 5.41) is 11.5. The van der Waals surface area contributed by atoms with Crippen molar-refractivity contribution in [3.63, 3.8) is 0 Å². The molecule has 3 aliphatic rings. The third-order valence-electron chi connectivity index (χ3n) is 5.77. The first-order chi connectivity index (χ1) is 11.2. The minimum Gasteiger partial charge on any atom is -0.335 e. The summed E-state index contributed by atoms with van der Waals surface area (Å²) in [6.07, 6.45) is 4.37. The summed E-state index contributed by atoms with van der Waals surface area (Å²) in [4.78, 5) is 15.1. The number of hydrogen-bond donors (Lipinski definition) is 2. The highest BCUT2D eigenvalue weighted by Crippen LogP contribution is 2.38. The van der Waals surface area contributed by atoms with Crippen LogP contribution in [0.15, 0.2) is 6.07 Å². The average Bonchev–Trinajstić information content (AvgIpc) is 3.05. The third-order valence-corrected chi connectivity index (χ3v) is 5.77. The van der Waals surface area contributed by atoms with Crippen LogP contribution in [0.1, 0.15) is 37.1 Å². The van der Waals surface area contributed by atoms with E-state index in [1.807, 2.05) is 11.8 Å². The molecule has 6 heteroatoms. The van der Waals surface area contributed by atoms with Crippen LogP contribution in [0.3, 0.4) is 0 Å². The molecule has 1 aromatic heterocycles. The Kier molecular flexibility index (Phi) is 3.89. The molecule has 2 fully saturated rings. The molecular formula is C17H27N5O. The van der Waals surface area contributed by atoms with Crippen LogP contribution in [0, 0.1) is 12.3 Å². The highest BCUT2D eigenvalue weighted by atomic mass is 16.2. The van der Waals surface area contributed by atoms with E-state index in [1.165, 1.54) is 18.5 Å². The van der Waals surface area contributed by atoms with Crippen molar-refractivity contribution >= 4 is 5.91 Å². The molecule has 1 amide bonds. The number of nitrogens with one attached hydrogen (secondary N) is 2. The van der Waals surface area contributed by atoms with Gasteiger partial charge in [0.25, 0.3) is 0 Å². The van der Waals surface area contributed by atoms with Crippen molar-refractivity contribution in [2.75, 3.05) is 26.2 Å². The van der Waals surface area contributed by atoms with Crippen LogP contribution < -0.4 is 10.6 Å². The van der Waals surface area contributed by atoms with Crippen LogP contribution in [-0.4, -0.2) is 52.8 Å². The molecule has 23 heavy (non-hydrogen) atoms. The lowest BCUT2D eigenvalue weighted by Gasteiger charge is -2.33. The van der Waals surface area contributed by atoms with Crippen LogP contribution in [-0.2, 0) is 17.9 Å². The van der Waals surface area contributed by atoms with Gasteiger partial charge in [0.15, 0.2) is 0 Å². The van der Waals surface area contributed by atoms with Gasteiger partial charge < -0.3 is 15.5 Å². The van der Waals surface area contributed by atoms with E-state index < -0.39 is 0 Å². The predicted molar refractivity (Wildman–Crippen MR) is 87.9 cm³/mol. The largest absolute Gasteiger partial charge is 0.335 e. The van der Waals surface area contributed by atoms with Gasteiger partial charge in [0.2, 0.25) is 5.91 Å². The minimum absolute atomic E-state index is 0.00340. The van der Waals surface area contributed by atoms with Crippen molar-refractivity contribution < 1.29 is 4.79 Å². The fourth-order valence-electron chi connectivity index (χ4n) is 4.44. The molecule has 4 heterocycles. The van der Waals surface area contributed by atoms with Gasteiger partial charge in [0.05, 0.1) is 24.0 Å². The molecule has 126 valence electrons. The molecule has 3 aliphatic heterocycles. The summed E-state index contributed by atoms with van der Waals surface area (Å²) in [6.45, 7) is 7.65. The van der Waals surface area contributed by atoms with Crippen molar-refractivity contribution in [3.8, 4) is 0 Å². The lowest BCUT2D eigenvalue weighted by molar-refractivity contribution is -0.133. The van der Waals surface area contributed by atoms with Crippen molar-refractivity contribution in [1.29, 1.82) is 0 Å². The first-order valence-corrected chi connectivity index (χ1v) is 8.92. The molecule has 0 aromatic carbocycles. The van der Waals surface area contributed by atoms with E-state index in [1.54, 1.807) is 0 Å². The van der Waals surface area contributed by atoms with Crippen LogP contribution in [0.4, 0.5) is 0 Å². The second-order valence-electron chi connectivity index (χ2n) is 7.50. The summed E-state index contributed by atoms with van der Waals surface area (Å²) in [7, 11) is 0. The standard InChI is InChI=1S/C17H27N5O/c1-13-9-14-11-21(7-2-8-22(14)20-13)16(23)15-10-17(12-19-15)3-5-18-6-4-17/h9,15,18-19H,2-8,10-12H2,1H3/t15-/m0/s1. The lowest BCUT2D eigenvalue weighted by atomic mass is 9.77. The number of carbonyl (C=O) groups is 1. The first-order valence-electron chi connectivity index (χ1n) is 8.92. The molecule has 0 radical (unpaired) electrons. The van der Waals surface area contributed by atoms with E-state index in [4.69, 9.17) is 0 Å². The van der Waals surface area contributed by atoms with Crippen molar-refractivity contribution in [3.05, 3.63) is 17.5 Å². The SMILES string of the molecule is Cc1cc2n(n1)CCCN(C(=O)[C@@H]1CC3(CCNCC3)CN1)C2. The van der Waals surface area contributed by atoms with Gasteiger partial charge in [-0.05, 0) is 57.2 Å². The maximum absolute atomic E-state index is 13.0. The Morgan fingerprint density at radius 3 is 3.00 bits per heavy atom. The summed E-state index contributed by atoms with van der Waals surface area (Å²) >= 11 is 0. The van der Waals surface area contributed by atoms with Crippen LogP contribution in [0.5, 0.6) is 0 Å². The van der Waals surface area contributed by atoms with E-state index >= 15 is 0 Å².